The number of nitrogens with two attached hydrogens (primary N) is 1. The molecular weight excluding hydrogens is 234 g/mol. The molecule has 1 heterocycles. The fourth-order valence-corrected chi connectivity index (χ4v) is 5.58. The van der Waals surface area contributed by atoms with Gasteiger partial charge in [-0.3, -0.25) is 0 Å². The van der Waals surface area contributed by atoms with Crippen LogP contribution in [0.4, 0.5) is 0 Å². The molecule has 5 atom stereocenters. The van der Waals surface area contributed by atoms with Crippen molar-refractivity contribution in [2.75, 3.05) is 6.61 Å². The highest BCUT2D eigenvalue weighted by Gasteiger charge is 2.66. The van der Waals surface area contributed by atoms with Crippen LogP contribution in [0.1, 0.15) is 36.4 Å². The first-order chi connectivity index (χ1) is 9.34. The largest absolute Gasteiger partial charge is 0.493 e. The lowest BCUT2D eigenvalue weighted by molar-refractivity contribution is 0.344. The first-order valence-corrected chi connectivity index (χ1v) is 7.85. The smallest absolute Gasteiger partial charge is 0.127 e. The molecule has 1 aromatic carbocycles. The standard InChI is InChI=1S/C17H21NO/c18-16(12-3-1-2-9-6-7-19-17(9)12)15-13-10-4-5-11(8-10)14(13)15/h1-3,10-11,13-16H,4-8,18H2. The molecule has 3 saturated carbocycles. The molecule has 19 heavy (non-hydrogen) atoms. The second-order valence-electron chi connectivity index (χ2n) is 7.02. The maximum Gasteiger partial charge on any atom is 0.127 e. The Morgan fingerprint density at radius 3 is 2.74 bits per heavy atom. The molecule has 0 amide bonds. The first-order valence-electron chi connectivity index (χ1n) is 7.85. The van der Waals surface area contributed by atoms with Crippen molar-refractivity contribution in [1.29, 1.82) is 0 Å². The molecule has 5 unspecified atom stereocenters. The molecule has 2 N–H and O–H groups in total. The van der Waals surface area contributed by atoms with Gasteiger partial charge in [0.15, 0.2) is 0 Å². The van der Waals surface area contributed by atoms with E-state index in [1.54, 1.807) is 0 Å². The number of hydrogen-bond donors (Lipinski definition) is 1. The van der Waals surface area contributed by atoms with E-state index < -0.39 is 0 Å². The van der Waals surface area contributed by atoms with E-state index in [9.17, 15) is 0 Å². The molecule has 0 radical (unpaired) electrons. The third-order valence-electron chi connectivity index (χ3n) is 6.31. The molecule has 3 fully saturated rings. The molecule has 1 aromatic rings. The van der Waals surface area contributed by atoms with Gasteiger partial charge in [-0.25, -0.2) is 0 Å². The second kappa shape index (κ2) is 3.54. The van der Waals surface area contributed by atoms with Crippen LogP contribution >= 0.6 is 0 Å². The highest BCUT2D eigenvalue weighted by Crippen LogP contribution is 2.72. The molecule has 5 rings (SSSR count). The Bertz CT molecular complexity index is 524. The van der Waals surface area contributed by atoms with Crippen LogP contribution in [0.2, 0.25) is 0 Å². The Morgan fingerprint density at radius 2 is 1.95 bits per heavy atom. The Labute approximate surface area is 114 Å². The molecule has 0 aromatic heterocycles. The summed E-state index contributed by atoms with van der Waals surface area (Å²) in [6.07, 6.45) is 5.50. The fourth-order valence-electron chi connectivity index (χ4n) is 5.58. The van der Waals surface area contributed by atoms with Crippen molar-refractivity contribution in [3.8, 4) is 5.75 Å². The predicted molar refractivity (Wildman–Crippen MR) is 73.9 cm³/mol. The van der Waals surface area contributed by atoms with Gasteiger partial charge in [-0.1, -0.05) is 18.2 Å². The Morgan fingerprint density at radius 1 is 1.16 bits per heavy atom. The minimum absolute atomic E-state index is 0.214. The van der Waals surface area contributed by atoms with Gasteiger partial charge in [-0.2, -0.15) is 0 Å². The second-order valence-corrected chi connectivity index (χ2v) is 7.02. The predicted octanol–water partition coefficient (Wildman–Crippen LogP) is 2.91. The van der Waals surface area contributed by atoms with Gasteiger partial charge in [0.1, 0.15) is 5.75 Å². The number of ether oxygens (including phenoxy) is 1. The highest BCUT2D eigenvalue weighted by molar-refractivity contribution is 5.46. The molecule has 0 saturated heterocycles. The van der Waals surface area contributed by atoms with Gasteiger partial charge in [0.25, 0.3) is 0 Å². The molecule has 0 spiro atoms. The summed E-state index contributed by atoms with van der Waals surface area (Å²) in [5.41, 5.74) is 9.28. The summed E-state index contributed by atoms with van der Waals surface area (Å²) in [6, 6.07) is 6.77. The minimum Gasteiger partial charge on any atom is -0.493 e. The van der Waals surface area contributed by atoms with E-state index in [1.807, 2.05) is 0 Å². The highest BCUT2D eigenvalue weighted by atomic mass is 16.5. The number of hydrogen-bond acceptors (Lipinski definition) is 2. The lowest BCUT2D eigenvalue weighted by atomic mass is 9.92. The van der Waals surface area contributed by atoms with Crippen LogP contribution in [-0.2, 0) is 6.42 Å². The van der Waals surface area contributed by atoms with Crippen molar-refractivity contribution in [3.63, 3.8) is 0 Å². The van der Waals surface area contributed by atoms with Crippen molar-refractivity contribution in [2.45, 2.75) is 31.7 Å². The molecule has 2 heteroatoms. The van der Waals surface area contributed by atoms with Crippen molar-refractivity contribution in [3.05, 3.63) is 29.3 Å². The molecule has 100 valence electrons. The maximum absolute atomic E-state index is 6.64. The van der Waals surface area contributed by atoms with Gasteiger partial charge in [0, 0.05) is 18.0 Å². The van der Waals surface area contributed by atoms with Crippen LogP contribution in [0.15, 0.2) is 18.2 Å². The summed E-state index contributed by atoms with van der Waals surface area (Å²) in [5, 5.41) is 0. The van der Waals surface area contributed by atoms with Crippen LogP contribution in [0, 0.1) is 29.6 Å². The summed E-state index contributed by atoms with van der Waals surface area (Å²) < 4.78 is 5.84. The van der Waals surface area contributed by atoms with Gasteiger partial charge in [-0.15, -0.1) is 0 Å². The Balaban J connectivity index is 1.47. The van der Waals surface area contributed by atoms with Crippen LogP contribution < -0.4 is 10.5 Å². The average Bonchev–Trinajstić information content (AvgIpc) is 2.85. The molecule has 1 aliphatic heterocycles. The maximum atomic E-state index is 6.64. The summed E-state index contributed by atoms with van der Waals surface area (Å²) in [4.78, 5) is 0. The van der Waals surface area contributed by atoms with E-state index in [1.165, 1.54) is 30.4 Å². The van der Waals surface area contributed by atoms with Gasteiger partial charge >= 0.3 is 0 Å². The Hall–Kier alpha value is -1.02. The zero-order valence-corrected chi connectivity index (χ0v) is 11.2. The van der Waals surface area contributed by atoms with Crippen LogP contribution in [0.3, 0.4) is 0 Å². The monoisotopic (exact) mass is 255 g/mol. The average molecular weight is 255 g/mol. The number of fused-ring (bicyclic) bond motifs is 6. The summed E-state index contributed by atoms with van der Waals surface area (Å²) in [7, 11) is 0. The normalized spacial score (nSPS) is 42.7. The molecule has 3 aliphatic carbocycles. The summed E-state index contributed by atoms with van der Waals surface area (Å²) in [5.74, 6) is 5.78. The van der Waals surface area contributed by atoms with Gasteiger partial charge < -0.3 is 10.5 Å². The van der Waals surface area contributed by atoms with Gasteiger partial charge in [-0.05, 0) is 54.4 Å². The van der Waals surface area contributed by atoms with E-state index in [-0.39, 0.29) is 6.04 Å². The minimum atomic E-state index is 0.214. The number of benzene rings is 1. The molecule has 2 nitrogen and oxygen atoms in total. The molecular formula is C17H21NO. The zero-order chi connectivity index (χ0) is 12.6. The van der Waals surface area contributed by atoms with E-state index in [2.05, 4.69) is 18.2 Å². The lowest BCUT2D eigenvalue weighted by Gasteiger charge is -2.19. The van der Waals surface area contributed by atoms with Crippen molar-refractivity contribution in [1.82, 2.24) is 0 Å². The molecule has 2 bridgehead atoms. The summed E-state index contributed by atoms with van der Waals surface area (Å²) >= 11 is 0. The van der Waals surface area contributed by atoms with Crippen LogP contribution in [0.25, 0.3) is 0 Å². The topological polar surface area (TPSA) is 35.2 Å². The quantitative estimate of drug-likeness (QED) is 0.882. The third-order valence-corrected chi connectivity index (χ3v) is 6.31. The van der Waals surface area contributed by atoms with Crippen molar-refractivity contribution in [2.24, 2.45) is 35.3 Å². The van der Waals surface area contributed by atoms with Gasteiger partial charge in [0.2, 0.25) is 0 Å². The van der Waals surface area contributed by atoms with E-state index in [0.717, 1.165) is 48.4 Å². The van der Waals surface area contributed by atoms with E-state index in [0.29, 0.717) is 0 Å². The lowest BCUT2D eigenvalue weighted by Crippen LogP contribution is -2.18. The fraction of sp³-hybridized carbons (Fsp3) is 0.647. The van der Waals surface area contributed by atoms with Crippen molar-refractivity contribution < 1.29 is 4.74 Å². The Kier molecular flexibility index (Phi) is 2.00. The SMILES string of the molecule is NC(c1cccc2c1OCC2)C1C2C3CCC(C3)C21. The third kappa shape index (κ3) is 1.31. The van der Waals surface area contributed by atoms with Crippen LogP contribution in [0.5, 0.6) is 5.75 Å². The van der Waals surface area contributed by atoms with Crippen molar-refractivity contribution >= 4 is 0 Å². The van der Waals surface area contributed by atoms with E-state index in [4.69, 9.17) is 10.5 Å². The number of rotatable bonds is 2. The van der Waals surface area contributed by atoms with Gasteiger partial charge in [0.05, 0.1) is 6.61 Å². The number of para-hydroxylation sites is 1. The van der Waals surface area contributed by atoms with E-state index >= 15 is 0 Å². The zero-order valence-electron chi connectivity index (χ0n) is 11.2. The first kappa shape index (κ1) is 10.7. The summed E-state index contributed by atoms with van der Waals surface area (Å²) in [6.45, 7) is 0.835. The molecule has 4 aliphatic rings. The van der Waals surface area contributed by atoms with Crippen LogP contribution in [-0.4, -0.2) is 6.61 Å².